The van der Waals surface area contributed by atoms with E-state index in [1.807, 2.05) is 27.7 Å². The van der Waals surface area contributed by atoms with Crippen molar-refractivity contribution in [1.82, 2.24) is 0 Å². The molecule has 0 N–H and O–H groups in total. The van der Waals surface area contributed by atoms with Crippen LogP contribution in [0.25, 0.3) is 0 Å². The van der Waals surface area contributed by atoms with E-state index >= 15 is 0 Å². The smallest absolute Gasteiger partial charge is 0.399 e. The van der Waals surface area contributed by atoms with Crippen molar-refractivity contribution in [2.24, 2.45) is 0 Å². The van der Waals surface area contributed by atoms with Crippen molar-refractivity contribution < 1.29 is 22.5 Å². The molecule has 0 saturated carbocycles. The van der Waals surface area contributed by atoms with Crippen LogP contribution in [0.5, 0.6) is 0 Å². The Hall–Kier alpha value is -1.01. The zero-order valence-corrected chi connectivity index (χ0v) is 12.3. The molecule has 0 aromatic heterocycles. The van der Waals surface area contributed by atoms with Crippen LogP contribution < -0.4 is 5.46 Å². The Morgan fingerprint density at radius 2 is 1.50 bits per heavy atom. The van der Waals surface area contributed by atoms with Crippen LogP contribution in [0.1, 0.15) is 38.8 Å². The molecule has 0 amide bonds. The average molecular weight is 286 g/mol. The third-order valence-corrected chi connectivity index (χ3v) is 4.10. The molecule has 6 heteroatoms. The van der Waals surface area contributed by atoms with Gasteiger partial charge in [0.1, 0.15) is 0 Å². The van der Waals surface area contributed by atoms with Crippen LogP contribution in [-0.4, -0.2) is 18.3 Å². The highest BCUT2D eigenvalue weighted by molar-refractivity contribution is 6.62. The molecule has 20 heavy (non-hydrogen) atoms. The average Bonchev–Trinajstić information content (AvgIpc) is 2.46. The van der Waals surface area contributed by atoms with Crippen molar-refractivity contribution in [2.75, 3.05) is 0 Å². The summed E-state index contributed by atoms with van der Waals surface area (Å²) in [6.07, 6.45) is -4.33. The molecule has 0 spiro atoms. The summed E-state index contributed by atoms with van der Waals surface area (Å²) < 4.78 is 49.7. The van der Waals surface area contributed by atoms with Crippen LogP contribution in [0.15, 0.2) is 18.2 Å². The van der Waals surface area contributed by atoms with Crippen LogP contribution in [0.2, 0.25) is 0 Å². The Kier molecular flexibility index (Phi) is 3.46. The van der Waals surface area contributed by atoms with Gasteiger partial charge in [0.25, 0.3) is 0 Å². The molecule has 1 aliphatic heterocycles. The summed E-state index contributed by atoms with van der Waals surface area (Å²) in [5.74, 6) is 0. The van der Waals surface area contributed by atoms with Gasteiger partial charge in [0, 0.05) is 0 Å². The maximum absolute atomic E-state index is 12.7. The van der Waals surface area contributed by atoms with Crippen molar-refractivity contribution in [3.8, 4) is 0 Å². The molecule has 1 aromatic carbocycles. The van der Waals surface area contributed by atoms with Crippen LogP contribution >= 0.6 is 0 Å². The number of halogens is 3. The molecule has 1 aromatic rings. The van der Waals surface area contributed by atoms with Gasteiger partial charge in [-0.3, -0.25) is 0 Å². The lowest BCUT2D eigenvalue weighted by Crippen LogP contribution is -2.41. The fourth-order valence-corrected chi connectivity index (χ4v) is 2.09. The minimum atomic E-state index is -4.33. The molecule has 2 rings (SSSR count). The molecule has 0 bridgehead atoms. The number of aryl methyl sites for hydroxylation is 1. The second-order valence-corrected chi connectivity index (χ2v) is 6.16. The highest BCUT2D eigenvalue weighted by Gasteiger charge is 2.52. The lowest BCUT2D eigenvalue weighted by Gasteiger charge is -2.32. The topological polar surface area (TPSA) is 18.5 Å². The largest absolute Gasteiger partial charge is 0.495 e. The van der Waals surface area contributed by atoms with Crippen molar-refractivity contribution in [3.05, 3.63) is 29.3 Å². The highest BCUT2D eigenvalue weighted by atomic mass is 19.4. The van der Waals surface area contributed by atoms with Crippen LogP contribution in [-0.2, 0) is 15.5 Å². The zero-order chi connectivity index (χ0) is 15.3. The minimum absolute atomic E-state index is 0.507. The summed E-state index contributed by atoms with van der Waals surface area (Å²) in [6.45, 7) is 9.27. The fraction of sp³-hybridized carbons (Fsp3) is 0.571. The van der Waals surface area contributed by atoms with Crippen LogP contribution in [0.3, 0.4) is 0 Å². The summed E-state index contributed by atoms with van der Waals surface area (Å²) >= 11 is 0. The molecule has 2 nitrogen and oxygen atoms in total. The Bertz CT molecular complexity index is 508. The Morgan fingerprint density at radius 3 is 1.90 bits per heavy atom. The van der Waals surface area contributed by atoms with Gasteiger partial charge in [-0.1, -0.05) is 17.7 Å². The Labute approximate surface area is 117 Å². The number of hydrogen-bond donors (Lipinski definition) is 0. The third kappa shape index (κ3) is 2.59. The molecule has 1 aliphatic rings. The van der Waals surface area contributed by atoms with E-state index in [2.05, 4.69) is 0 Å². The first-order valence-corrected chi connectivity index (χ1v) is 6.47. The number of benzene rings is 1. The number of rotatable bonds is 1. The predicted octanol–water partition coefficient (Wildman–Crippen LogP) is 3.31. The van der Waals surface area contributed by atoms with E-state index in [9.17, 15) is 13.2 Å². The van der Waals surface area contributed by atoms with E-state index in [0.717, 1.165) is 12.1 Å². The molecular weight excluding hydrogens is 268 g/mol. The van der Waals surface area contributed by atoms with Crippen LogP contribution in [0, 0.1) is 6.92 Å². The van der Waals surface area contributed by atoms with Gasteiger partial charge < -0.3 is 9.31 Å². The maximum Gasteiger partial charge on any atom is 0.495 e. The first kappa shape index (κ1) is 15.4. The van der Waals surface area contributed by atoms with Crippen molar-refractivity contribution >= 4 is 12.6 Å². The molecule has 0 radical (unpaired) electrons. The van der Waals surface area contributed by atoms with E-state index < -0.39 is 30.1 Å². The summed E-state index contributed by atoms with van der Waals surface area (Å²) in [7, 11) is -0.637. The van der Waals surface area contributed by atoms with Gasteiger partial charge in [0.2, 0.25) is 0 Å². The second-order valence-electron chi connectivity index (χ2n) is 6.16. The summed E-state index contributed by atoms with van der Waals surface area (Å²) in [6, 6.07) is 3.62. The van der Waals surface area contributed by atoms with E-state index in [1.165, 1.54) is 6.07 Å². The molecule has 0 aliphatic carbocycles. The Balaban J connectivity index is 2.33. The lowest BCUT2D eigenvalue weighted by molar-refractivity contribution is -0.137. The summed E-state index contributed by atoms with van der Waals surface area (Å²) in [5, 5.41) is 0. The minimum Gasteiger partial charge on any atom is -0.399 e. The maximum atomic E-state index is 12.7. The second kappa shape index (κ2) is 4.50. The first-order valence-electron chi connectivity index (χ1n) is 6.47. The number of alkyl halides is 3. The molecule has 0 unspecified atom stereocenters. The monoisotopic (exact) mass is 286 g/mol. The van der Waals surface area contributed by atoms with Gasteiger partial charge >= 0.3 is 13.3 Å². The molecule has 1 heterocycles. The molecule has 1 saturated heterocycles. The summed E-state index contributed by atoms with van der Waals surface area (Å²) in [5.41, 5.74) is -0.523. The molecular formula is C14H18BF3O2. The normalized spacial score (nSPS) is 21.3. The number of hydrogen-bond acceptors (Lipinski definition) is 2. The van der Waals surface area contributed by atoms with Gasteiger partial charge in [-0.25, -0.2) is 0 Å². The Morgan fingerprint density at radius 1 is 1.00 bits per heavy atom. The van der Waals surface area contributed by atoms with E-state index in [-0.39, 0.29) is 0 Å². The van der Waals surface area contributed by atoms with Crippen LogP contribution in [0.4, 0.5) is 13.2 Å². The van der Waals surface area contributed by atoms with Crippen molar-refractivity contribution in [3.63, 3.8) is 0 Å². The van der Waals surface area contributed by atoms with Gasteiger partial charge in [0.05, 0.1) is 16.8 Å². The predicted molar refractivity (Wildman–Crippen MR) is 71.9 cm³/mol. The molecule has 0 atom stereocenters. The highest BCUT2D eigenvalue weighted by Crippen LogP contribution is 2.37. The van der Waals surface area contributed by atoms with E-state index in [0.29, 0.717) is 11.0 Å². The summed E-state index contributed by atoms with van der Waals surface area (Å²) in [4.78, 5) is 0. The quantitative estimate of drug-likeness (QED) is 0.737. The van der Waals surface area contributed by atoms with E-state index in [4.69, 9.17) is 9.31 Å². The van der Waals surface area contributed by atoms with Crippen molar-refractivity contribution in [1.29, 1.82) is 0 Å². The third-order valence-electron chi connectivity index (χ3n) is 4.10. The van der Waals surface area contributed by atoms with Gasteiger partial charge in [-0.05, 0) is 46.1 Å². The fourth-order valence-electron chi connectivity index (χ4n) is 2.09. The van der Waals surface area contributed by atoms with Crippen molar-refractivity contribution in [2.45, 2.75) is 52.0 Å². The van der Waals surface area contributed by atoms with E-state index in [1.54, 1.807) is 6.92 Å². The molecule has 110 valence electrons. The first-order chi connectivity index (χ1) is 8.94. The van der Waals surface area contributed by atoms with Gasteiger partial charge in [-0.2, -0.15) is 13.2 Å². The lowest BCUT2D eigenvalue weighted by atomic mass is 9.76. The van der Waals surface area contributed by atoms with Gasteiger partial charge in [0.15, 0.2) is 0 Å². The van der Waals surface area contributed by atoms with Gasteiger partial charge in [-0.15, -0.1) is 0 Å². The zero-order valence-electron chi connectivity index (χ0n) is 12.3. The SMILES string of the molecule is Cc1cc(C(F)(F)F)ccc1B1OC(C)(C)C(C)(C)O1. The standard InChI is InChI=1S/C14H18BF3O2/c1-9-8-10(14(16,17)18)6-7-11(9)15-19-12(2,3)13(4,5)20-15/h6-8H,1-5H3. The molecule has 1 fully saturated rings.